The van der Waals surface area contributed by atoms with Crippen LogP contribution in [0.15, 0.2) is 0 Å². The number of nitrogens with zero attached hydrogens (tertiary/aromatic N) is 1. The molecule has 0 bridgehead atoms. The Morgan fingerprint density at radius 1 is 1.21 bits per heavy atom. The molecule has 2 atom stereocenters. The van der Waals surface area contributed by atoms with Gasteiger partial charge in [-0.2, -0.15) is 0 Å². The van der Waals surface area contributed by atoms with E-state index in [1.54, 1.807) is 0 Å². The Bertz CT molecular complexity index is 183. The normalized spacial score (nSPS) is 26.6. The maximum atomic E-state index is 5.92. The number of rotatable bonds is 6. The summed E-state index contributed by atoms with van der Waals surface area (Å²) in [6.45, 7) is 6.99. The molecule has 0 spiro atoms. The SMILES string of the molecule is CC(N)C(C)CN(CC1CC1)C1CC1. The summed E-state index contributed by atoms with van der Waals surface area (Å²) < 4.78 is 0. The maximum absolute atomic E-state index is 5.92. The molecule has 0 heterocycles. The summed E-state index contributed by atoms with van der Waals surface area (Å²) in [4.78, 5) is 2.70. The van der Waals surface area contributed by atoms with E-state index in [0.29, 0.717) is 12.0 Å². The van der Waals surface area contributed by atoms with Crippen molar-refractivity contribution in [3.05, 3.63) is 0 Å². The van der Waals surface area contributed by atoms with Gasteiger partial charge in [-0.25, -0.2) is 0 Å². The lowest BCUT2D eigenvalue weighted by Crippen LogP contribution is -2.38. The highest BCUT2D eigenvalue weighted by Crippen LogP contribution is 2.35. The van der Waals surface area contributed by atoms with Crippen molar-refractivity contribution in [1.82, 2.24) is 4.90 Å². The fourth-order valence-electron chi connectivity index (χ4n) is 1.98. The van der Waals surface area contributed by atoms with Crippen molar-refractivity contribution in [1.29, 1.82) is 0 Å². The average molecular weight is 196 g/mol. The Hall–Kier alpha value is -0.0800. The summed E-state index contributed by atoms with van der Waals surface area (Å²) in [5.74, 6) is 1.67. The van der Waals surface area contributed by atoms with Gasteiger partial charge in [0.05, 0.1) is 0 Å². The summed E-state index contributed by atoms with van der Waals surface area (Å²) >= 11 is 0. The van der Waals surface area contributed by atoms with E-state index in [-0.39, 0.29) is 0 Å². The van der Waals surface area contributed by atoms with Gasteiger partial charge in [0, 0.05) is 25.2 Å². The molecule has 2 N–H and O–H groups in total. The lowest BCUT2D eigenvalue weighted by Gasteiger charge is -2.27. The van der Waals surface area contributed by atoms with Crippen LogP contribution in [-0.4, -0.2) is 30.1 Å². The number of hydrogen-bond donors (Lipinski definition) is 1. The van der Waals surface area contributed by atoms with Gasteiger partial charge in [-0.1, -0.05) is 6.92 Å². The van der Waals surface area contributed by atoms with E-state index in [4.69, 9.17) is 5.73 Å². The van der Waals surface area contributed by atoms with Crippen LogP contribution in [-0.2, 0) is 0 Å². The molecule has 2 fully saturated rings. The molecule has 2 aliphatic rings. The van der Waals surface area contributed by atoms with Gasteiger partial charge in [-0.05, 0) is 44.4 Å². The van der Waals surface area contributed by atoms with Gasteiger partial charge in [0.2, 0.25) is 0 Å². The fraction of sp³-hybridized carbons (Fsp3) is 1.00. The van der Waals surface area contributed by atoms with Gasteiger partial charge in [0.15, 0.2) is 0 Å². The third-order valence-corrected chi connectivity index (χ3v) is 3.67. The lowest BCUT2D eigenvalue weighted by atomic mass is 10.0. The van der Waals surface area contributed by atoms with Crippen molar-refractivity contribution in [2.75, 3.05) is 13.1 Å². The van der Waals surface area contributed by atoms with Crippen molar-refractivity contribution in [2.45, 2.75) is 51.6 Å². The summed E-state index contributed by atoms with van der Waals surface area (Å²) in [5.41, 5.74) is 5.92. The second-order valence-corrected chi connectivity index (χ2v) is 5.46. The molecule has 2 unspecified atom stereocenters. The van der Waals surface area contributed by atoms with Crippen molar-refractivity contribution >= 4 is 0 Å². The minimum Gasteiger partial charge on any atom is -0.328 e. The zero-order chi connectivity index (χ0) is 10.1. The Balaban J connectivity index is 1.77. The number of hydrogen-bond acceptors (Lipinski definition) is 2. The van der Waals surface area contributed by atoms with Crippen molar-refractivity contribution in [3.8, 4) is 0 Å². The van der Waals surface area contributed by atoms with Crippen LogP contribution in [0.1, 0.15) is 39.5 Å². The van der Waals surface area contributed by atoms with Gasteiger partial charge >= 0.3 is 0 Å². The standard InChI is InChI=1S/C12H24N2/c1-9(10(2)13)7-14(12-5-6-12)8-11-3-4-11/h9-12H,3-8,13H2,1-2H3. The van der Waals surface area contributed by atoms with E-state index in [1.165, 1.54) is 38.8 Å². The van der Waals surface area contributed by atoms with Crippen molar-refractivity contribution in [3.63, 3.8) is 0 Å². The molecule has 2 aliphatic carbocycles. The van der Waals surface area contributed by atoms with E-state index in [9.17, 15) is 0 Å². The molecule has 0 radical (unpaired) electrons. The molecule has 82 valence electrons. The van der Waals surface area contributed by atoms with E-state index in [2.05, 4.69) is 18.7 Å². The minimum atomic E-state index is 0.343. The molecule has 14 heavy (non-hydrogen) atoms. The van der Waals surface area contributed by atoms with Crippen LogP contribution >= 0.6 is 0 Å². The summed E-state index contributed by atoms with van der Waals surface area (Å²) in [6.07, 6.45) is 5.79. The maximum Gasteiger partial charge on any atom is 0.00966 e. The first-order chi connectivity index (χ1) is 6.66. The first-order valence-electron chi connectivity index (χ1n) is 6.16. The topological polar surface area (TPSA) is 29.3 Å². The zero-order valence-electron chi connectivity index (χ0n) is 9.58. The number of nitrogens with two attached hydrogens (primary N) is 1. The van der Waals surface area contributed by atoms with Gasteiger partial charge in [-0.15, -0.1) is 0 Å². The molecule has 0 amide bonds. The van der Waals surface area contributed by atoms with Crippen molar-refractivity contribution < 1.29 is 0 Å². The largest absolute Gasteiger partial charge is 0.328 e. The van der Waals surface area contributed by atoms with Gasteiger partial charge in [0.1, 0.15) is 0 Å². The highest BCUT2D eigenvalue weighted by molar-refractivity contribution is 4.89. The zero-order valence-corrected chi connectivity index (χ0v) is 9.58. The monoisotopic (exact) mass is 196 g/mol. The van der Waals surface area contributed by atoms with E-state index >= 15 is 0 Å². The molecule has 0 aromatic rings. The van der Waals surface area contributed by atoms with Gasteiger partial charge < -0.3 is 5.73 Å². The van der Waals surface area contributed by atoms with Gasteiger partial charge in [-0.3, -0.25) is 4.90 Å². The third kappa shape index (κ3) is 2.96. The molecule has 2 rings (SSSR count). The molecular formula is C12H24N2. The Morgan fingerprint density at radius 3 is 2.29 bits per heavy atom. The van der Waals surface area contributed by atoms with Crippen LogP contribution < -0.4 is 5.73 Å². The quantitative estimate of drug-likeness (QED) is 0.702. The Labute approximate surface area is 87.8 Å². The average Bonchev–Trinajstić information content (AvgIpc) is 2.98. The van der Waals surface area contributed by atoms with E-state index in [1.807, 2.05) is 0 Å². The first-order valence-corrected chi connectivity index (χ1v) is 6.16. The highest BCUT2D eigenvalue weighted by Gasteiger charge is 2.34. The minimum absolute atomic E-state index is 0.343. The molecule has 2 heteroatoms. The predicted octanol–water partition coefficient (Wildman–Crippen LogP) is 1.84. The molecule has 0 aromatic carbocycles. The van der Waals surface area contributed by atoms with Crippen molar-refractivity contribution in [2.24, 2.45) is 17.6 Å². The van der Waals surface area contributed by atoms with Crippen LogP contribution in [0.5, 0.6) is 0 Å². The first kappa shape index (κ1) is 10.4. The molecule has 2 saturated carbocycles. The lowest BCUT2D eigenvalue weighted by molar-refractivity contribution is 0.208. The van der Waals surface area contributed by atoms with E-state index < -0.39 is 0 Å². The molecule has 0 saturated heterocycles. The van der Waals surface area contributed by atoms with Crippen LogP contribution in [0, 0.1) is 11.8 Å². The molecule has 0 aromatic heterocycles. The van der Waals surface area contributed by atoms with Crippen LogP contribution in [0.25, 0.3) is 0 Å². The third-order valence-electron chi connectivity index (χ3n) is 3.67. The molecular weight excluding hydrogens is 172 g/mol. The highest BCUT2D eigenvalue weighted by atomic mass is 15.2. The second kappa shape index (κ2) is 4.19. The van der Waals surface area contributed by atoms with E-state index in [0.717, 1.165) is 12.0 Å². The van der Waals surface area contributed by atoms with Gasteiger partial charge in [0.25, 0.3) is 0 Å². The Kier molecular flexibility index (Phi) is 3.13. The van der Waals surface area contributed by atoms with Crippen LogP contribution in [0.3, 0.4) is 0 Å². The fourth-order valence-corrected chi connectivity index (χ4v) is 1.98. The smallest absolute Gasteiger partial charge is 0.00966 e. The summed E-state index contributed by atoms with van der Waals surface area (Å²) in [7, 11) is 0. The Morgan fingerprint density at radius 2 is 1.86 bits per heavy atom. The van der Waals surface area contributed by atoms with Crippen LogP contribution in [0.4, 0.5) is 0 Å². The molecule has 0 aliphatic heterocycles. The summed E-state index contributed by atoms with van der Waals surface area (Å²) in [5, 5.41) is 0. The van der Waals surface area contributed by atoms with Crippen LogP contribution in [0.2, 0.25) is 0 Å². The second-order valence-electron chi connectivity index (χ2n) is 5.46. The predicted molar refractivity (Wildman–Crippen MR) is 60.1 cm³/mol. The molecule has 2 nitrogen and oxygen atoms in total. The summed E-state index contributed by atoms with van der Waals surface area (Å²) in [6, 6.07) is 1.26.